The van der Waals surface area contributed by atoms with Gasteiger partial charge in [-0.25, -0.2) is 0 Å². The minimum Gasteiger partial charge on any atom is -0.329 e. The highest BCUT2D eigenvalue weighted by molar-refractivity contribution is 5.00. The molecule has 0 radical (unpaired) electrons. The fourth-order valence-corrected chi connectivity index (χ4v) is 4.28. The van der Waals surface area contributed by atoms with Crippen LogP contribution in [0.1, 0.15) is 46.5 Å². The van der Waals surface area contributed by atoms with Crippen molar-refractivity contribution in [3.05, 3.63) is 0 Å². The lowest BCUT2D eigenvalue weighted by Crippen LogP contribution is -2.63. The summed E-state index contributed by atoms with van der Waals surface area (Å²) in [5, 5.41) is 0. The summed E-state index contributed by atoms with van der Waals surface area (Å²) >= 11 is 0. The van der Waals surface area contributed by atoms with Gasteiger partial charge in [-0.05, 0) is 53.1 Å². The zero-order chi connectivity index (χ0) is 15.5. The minimum absolute atomic E-state index is 0.247. The molecule has 4 heteroatoms. The van der Waals surface area contributed by atoms with Gasteiger partial charge in [-0.1, -0.05) is 6.92 Å². The summed E-state index contributed by atoms with van der Waals surface area (Å²) < 4.78 is 0. The molecule has 1 unspecified atom stereocenters. The van der Waals surface area contributed by atoms with Crippen LogP contribution in [0.5, 0.6) is 0 Å². The van der Waals surface area contributed by atoms with E-state index in [4.69, 9.17) is 5.73 Å². The van der Waals surface area contributed by atoms with Crippen LogP contribution >= 0.6 is 0 Å². The first-order valence-electron chi connectivity index (χ1n) is 8.92. The highest BCUT2D eigenvalue weighted by Gasteiger charge is 2.42. The second-order valence-electron chi connectivity index (χ2n) is 7.43. The highest BCUT2D eigenvalue weighted by atomic mass is 15.3. The molecule has 0 aliphatic carbocycles. The van der Waals surface area contributed by atoms with Gasteiger partial charge in [-0.3, -0.25) is 4.90 Å². The van der Waals surface area contributed by atoms with E-state index in [2.05, 4.69) is 42.5 Å². The van der Waals surface area contributed by atoms with Crippen LogP contribution in [-0.4, -0.2) is 78.6 Å². The van der Waals surface area contributed by atoms with E-state index in [1.807, 2.05) is 0 Å². The van der Waals surface area contributed by atoms with E-state index in [0.717, 1.165) is 6.54 Å². The van der Waals surface area contributed by atoms with Crippen molar-refractivity contribution in [2.45, 2.75) is 64.1 Å². The van der Waals surface area contributed by atoms with Gasteiger partial charge in [0.2, 0.25) is 0 Å². The summed E-state index contributed by atoms with van der Waals surface area (Å²) in [5.41, 5.74) is 6.57. The summed E-state index contributed by atoms with van der Waals surface area (Å²) in [6.45, 7) is 13.8. The van der Waals surface area contributed by atoms with Crippen LogP contribution in [0, 0.1) is 0 Å². The fourth-order valence-electron chi connectivity index (χ4n) is 4.28. The van der Waals surface area contributed by atoms with E-state index in [-0.39, 0.29) is 5.54 Å². The van der Waals surface area contributed by atoms with Gasteiger partial charge in [0.05, 0.1) is 0 Å². The molecule has 2 N–H and O–H groups in total. The van der Waals surface area contributed by atoms with Crippen LogP contribution in [0.2, 0.25) is 0 Å². The van der Waals surface area contributed by atoms with Crippen LogP contribution in [0.3, 0.4) is 0 Å². The molecule has 2 rings (SSSR count). The van der Waals surface area contributed by atoms with Gasteiger partial charge in [0.1, 0.15) is 0 Å². The third-order valence-electron chi connectivity index (χ3n) is 5.82. The number of nitrogens with two attached hydrogens (primary N) is 1. The largest absolute Gasteiger partial charge is 0.329 e. The molecule has 2 aliphatic rings. The number of likely N-dealkylation sites (tertiary alicyclic amines) is 1. The van der Waals surface area contributed by atoms with Crippen molar-refractivity contribution in [3.63, 3.8) is 0 Å². The Bertz CT molecular complexity index is 310. The monoisotopic (exact) mass is 296 g/mol. The summed E-state index contributed by atoms with van der Waals surface area (Å²) in [4.78, 5) is 7.91. The topological polar surface area (TPSA) is 35.7 Å². The normalized spacial score (nSPS) is 29.7. The number of hydrogen-bond donors (Lipinski definition) is 1. The predicted octanol–water partition coefficient (Wildman–Crippen LogP) is 1.60. The SMILES string of the molecule is CCC1CN(C)CCCN1C1(CN)CCN(C(C)C)CC1. The highest BCUT2D eigenvalue weighted by Crippen LogP contribution is 2.32. The Kier molecular flexibility index (Phi) is 6.06. The zero-order valence-corrected chi connectivity index (χ0v) is 14.6. The smallest absolute Gasteiger partial charge is 0.0359 e. The summed E-state index contributed by atoms with van der Waals surface area (Å²) in [7, 11) is 2.27. The number of hydrogen-bond acceptors (Lipinski definition) is 4. The molecule has 2 saturated heterocycles. The lowest BCUT2D eigenvalue weighted by molar-refractivity contribution is -0.00922. The van der Waals surface area contributed by atoms with E-state index in [9.17, 15) is 0 Å². The van der Waals surface area contributed by atoms with Gasteiger partial charge in [0, 0.05) is 50.3 Å². The maximum atomic E-state index is 6.32. The van der Waals surface area contributed by atoms with E-state index in [1.165, 1.54) is 58.4 Å². The Balaban J connectivity index is 2.11. The van der Waals surface area contributed by atoms with E-state index in [1.54, 1.807) is 0 Å². The predicted molar refractivity (Wildman–Crippen MR) is 90.6 cm³/mol. The summed E-state index contributed by atoms with van der Waals surface area (Å²) in [5.74, 6) is 0. The van der Waals surface area contributed by atoms with Gasteiger partial charge in [0.15, 0.2) is 0 Å². The molecule has 0 aromatic heterocycles. The first-order chi connectivity index (χ1) is 10.0. The van der Waals surface area contributed by atoms with Gasteiger partial charge >= 0.3 is 0 Å². The first-order valence-corrected chi connectivity index (χ1v) is 8.92. The molecule has 21 heavy (non-hydrogen) atoms. The van der Waals surface area contributed by atoms with E-state index in [0.29, 0.717) is 12.1 Å². The van der Waals surface area contributed by atoms with Crippen LogP contribution in [0.15, 0.2) is 0 Å². The molecule has 0 bridgehead atoms. The summed E-state index contributed by atoms with van der Waals surface area (Å²) in [6, 6.07) is 1.34. The first kappa shape index (κ1) is 17.2. The Morgan fingerprint density at radius 3 is 2.33 bits per heavy atom. The Morgan fingerprint density at radius 2 is 1.81 bits per heavy atom. The molecule has 124 valence electrons. The molecule has 4 nitrogen and oxygen atoms in total. The maximum Gasteiger partial charge on any atom is 0.0359 e. The molecule has 0 aromatic rings. The van der Waals surface area contributed by atoms with Crippen molar-refractivity contribution in [3.8, 4) is 0 Å². The van der Waals surface area contributed by atoms with Crippen molar-refractivity contribution in [1.29, 1.82) is 0 Å². The van der Waals surface area contributed by atoms with Crippen molar-refractivity contribution in [2.24, 2.45) is 5.73 Å². The van der Waals surface area contributed by atoms with E-state index < -0.39 is 0 Å². The van der Waals surface area contributed by atoms with Crippen molar-refractivity contribution >= 4 is 0 Å². The third kappa shape index (κ3) is 3.79. The quantitative estimate of drug-likeness (QED) is 0.855. The van der Waals surface area contributed by atoms with E-state index >= 15 is 0 Å². The van der Waals surface area contributed by atoms with Crippen LogP contribution in [0.25, 0.3) is 0 Å². The summed E-state index contributed by atoms with van der Waals surface area (Å²) in [6.07, 6.45) is 4.99. The second kappa shape index (κ2) is 7.40. The molecule has 2 aliphatic heterocycles. The minimum atomic E-state index is 0.247. The average molecular weight is 297 g/mol. The number of piperidine rings is 1. The number of rotatable bonds is 4. The zero-order valence-electron chi connectivity index (χ0n) is 14.6. The molecule has 0 aromatic carbocycles. The van der Waals surface area contributed by atoms with Crippen molar-refractivity contribution < 1.29 is 0 Å². The number of likely N-dealkylation sites (N-methyl/N-ethyl adjacent to an activating group) is 1. The van der Waals surface area contributed by atoms with Crippen molar-refractivity contribution in [2.75, 3.05) is 46.3 Å². The van der Waals surface area contributed by atoms with Gasteiger partial charge < -0.3 is 15.5 Å². The molecular weight excluding hydrogens is 260 g/mol. The van der Waals surface area contributed by atoms with Crippen molar-refractivity contribution in [1.82, 2.24) is 14.7 Å². The van der Waals surface area contributed by atoms with Crippen LogP contribution < -0.4 is 5.73 Å². The molecule has 2 heterocycles. The average Bonchev–Trinajstić information content (AvgIpc) is 2.68. The van der Waals surface area contributed by atoms with Gasteiger partial charge in [-0.15, -0.1) is 0 Å². The third-order valence-corrected chi connectivity index (χ3v) is 5.82. The van der Waals surface area contributed by atoms with Crippen LogP contribution in [-0.2, 0) is 0 Å². The molecule has 0 amide bonds. The second-order valence-corrected chi connectivity index (χ2v) is 7.43. The Labute approximate surface area is 131 Å². The Morgan fingerprint density at radius 1 is 1.14 bits per heavy atom. The molecular formula is C17H36N4. The molecule has 0 spiro atoms. The molecule has 2 fully saturated rings. The standard InChI is InChI=1S/C17H36N4/c1-5-16-13-19(4)9-6-10-21(16)17(14-18)7-11-20(12-8-17)15(2)3/h15-16H,5-14,18H2,1-4H3. The van der Waals surface area contributed by atoms with Gasteiger partial charge in [0.25, 0.3) is 0 Å². The molecule has 0 saturated carbocycles. The lowest BCUT2D eigenvalue weighted by atomic mass is 9.83. The maximum absolute atomic E-state index is 6.32. The van der Waals surface area contributed by atoms with Gasteiger partial charge in [-0.2, -0.15) is 0 Å². The number of nitrogens with zero attached hydrogens (tertiary/aromatic N) is 3. The molecule has 1 atom stereocenters. The fraction of sp³-hybridized carbons (Fsp3) is 1.00. The van der Waals surface area contributed by atoms with Crippen LogP contribution in [0.4, 0.5) is 0 Å². The lowest BCUT2D eigenvalue weighted by Gasteiger charge is -2.51. The Hall–Kier alpha value is -0.160.